The zero-order valence-electron chi connectivity index (χ0n) is 21.3. The molecule has 0 spiro atoms. The first-order valence-corrected chi connectivity index (χ1v) is 12.7. The third-order valence-electron chi connectivity index (χ3n) is 7.59. The summed E-state index contributed by atoms with van der Waals surface area (Å²) in [5.41, 5.74) is 2.26. The first-order chi connectivity index (χ1) is 17.2. The molecule has 198 valence electrons. The molecule has 0 aromatic heterocycles. The molecule has 4 rings (SSSR count). The Morgan fingerprint density at radius 3 is 2.75 bits per heavy atom. The summed E-state index contributed by atoms with van der Waals surface area (Å²) in [7, 11) is 0. The van der Waals surface area contributed by atoms with Gasteiger partial charge in [0.25, 0.3) is 11.8 Å². The van der Waals surface area contributed by atoms with E-state index in [0.717, 1.165) is 11.1 Å². The summed E-state index contributed by atoms with van der Waals surface area (Å²) in [5, 5.41) is 0. The van der Waals surface area contributed by atoms with Gasteiger partial charge < -0.3 is 19.3 Å². The molecule has 3 atom stereocenters. The Labute approximate surface area is 211 Å². The predicted molar refractivity (Wildman–Crippen MR) is 131 cm³/mol. The third-order valence-corrected chi connectivity index (χ3v) is 7.59. The summed E-state index contributed by atoms with van der Waals surface area (Å²) in [6, 6.07) is -1.27. The summed E-state index contributed by atoms with van der Waals surface area (Å²) in [6.07, 6.45) is 6.96. The fraction of sp³-hybridized carbons (Fsp3) is 0.593. The van der Waals surface area contributed by atoms with Crippen molar-refractivity contribution in [1.82, 2.24) is 14.7 Å². The van der Waals surface area contributed by atoms with E-state index in [-0.39, 0.29) is 31.5 Å². The fourth-order valence-electron chi connectivity index (χ4n) is 5.50. The Bertz CT molecular complexity index is 1000. The molecule has 0 aromatic rings. The number of nitrogens with zero attached hydrogens (tertiary/aromatic N) is 3. The van der Waals surface area contributed by atoms with Gasteiger partial charge in [0, 0.05) is 31.6 Å². The van der Waals surface area contributed by atoms with Crippen LogP contribution in [0.3, 0.4) is 0 Å². The number of amides is 1. The van der Waals surface area contributed by atoms with E-state index in [2.05, 4.69) is 6.58 Å². The normalized spacial score (nSPS) is 27.9. The second-order valence-electron chi connectivity index (χ2n) is 9.88. The number of halogens is 3. The van der Waals surface area contributed by atoms with Crippen molar-refractivity contribution >= 4 is 5.91 Å². The Hall–Kier alpha value is -2.68. The van der Waals surface area contributed by atoms with E-state index in [1.54, 1.807) is 17.2 Å². The number of carbonyl (C=O) groups excluding carboxylic acids is 1. The van der Waals surface area contributed by atoms with Crippen LogP contribution >= 0.6 is 0 Å². The van der Waals surface area contributed by atoms with E-state index in [1.807, 2.05) is 31.7 Å². The quantitative estimate of drug-likeness (QED) is 0.486. The van der Waals surface area contributed by atoms with Gasteiger partial charge in [-0.3, -0.25) is 9.69 Å². The van der Waals surface area contributed by atoms with Crippen LogP contribution in [-0.4, -0.2) is 78.1 Å². The number of hydrogen-bond acceptors (Lipinski definition) is 5. The lowest BCUT2D eigenvalue weighted by atomic mass is 9.94. The monoisotopic (exact) mass is 507 g/mol. The highest BCUT2D eigenvalue weighted by atomic mass is 19.3. The number of allylic oxidation sites excluding steroid dienone is 2. The number of alkyl halides is 2. The minimum Gasteiger partial charge on any atom is -0.497 e. The maximum atomic E-state index is 15.9. The summed E-state index contributed by atoms with van der Waals surface area (Å²) >= 11 is 0. The number of rotatable bonds is 6. The molecule has 0 bridgehead atoms. The van der Waals surface area contributed by atoms with Gasteiger partial charge in [0.15, 0.2) is 0 Å². The first kappa shape index (κ1) is 26.4. The number of hydrogen-bond donors (Lipinski definition) is 0. The molecule has 4 aliphatic rings. The second-order valence-corrected chi connectivity index (χ2v) is 9.88. The molecule has 4 heterocycles. The van der Waals surface area contributed by atoms with Gasteiger partial charge in [-0.05, 0) is 55.6 Å². The third kappa shape index (κ3) is 4.94. The van der Waals surface area contributed by atoms with E-state index >= 15 is 13.2 Å². The van der Waals surface area contributed by atoms with Crippen molar-refractivity contribution in [2.24, 2.45) is 5.92 Å². The van der Waals surface area contributed by atoms with Crippen LogP contribution in [0.2, 0.25) is 0 Å². The van der Waals surface area contributed by atoms with Gasteiger partial charge in [-0.2, -0.15) is 13.2 Å². The molecule has 9 heteroatoms. The van der Waals surface area contributed by atoms with Gasteiger partial charge in [0.2, 0.25) is 5.83 Å². The highest BCUT2D eigenvalue weighted by molar-refractivity contribution is 5.93. The molecule has 0 aliphatic carbocycles. The molecule has 2 saturated heterocycles. The molecule has 36 heavy (non-hydrogen) atoms. The number of ether oxygens (including phenoxy) is 2. The molecule has 0 radical (unpaired) electrons. The molecule has 1 amide bonds. The van der Waals surface area contributed by atoms with E-state index < -0.39 is 23.7 Å². The van der Waals surface area contributed by atoms with Gasteiger partial charge in [0.05, 0.1) is 31.2 Å². The van der Waals surface area contributed by atoms with Gasteiger partial charge in [-0.15, -0.1) is 0 Å². The van der Waals surface area contributed by atoms with Crippen LogP contribution in [0.25, 0.3) is 0 Å². The molecule has 3 unspecified atom stereocenters. The number of fused-ring (bicyclic) bond motifs is 1. The molecule has 2 fully saturated rings. The molecule has 0 aromatic carbocycles. The van der Waals surface area contributed by atoms with E-state index in [9.17, 15) is 4.79 Å². The topological polar surface area (TPSA) is 45.2 Å². The maximum Gasteiger partial charge on any atom is 0.289 e. The Morgan fingerprint density at radius 1 is 1.28 bits per heavy atom. The molecule has 6 nitrogen and oxygen atoms in total. The van der Waals surface area contributed by atoms with Crippen LogP contribution in [0.5, 0.6) is 0 Å². The van der Waals surface area contributed by atoms with Crippen LogP contribution < -0.4 is 0 Å². The van der Waals surface area contributed by atoms with Crippen LogP contribution in [-0.2, 0) is 14.3 Å². The summed E-state index contributed by atoms with van der Waals surface area (Å²) in [4.78, 5) is 18.3. The smallest absolute Gasteiger partial charge is 0.289 e. The zero-order valence-corrected chi connectivity index (χ0v) is 21.3. The number of carbonyl (C=O) groups is 1. The summed E-state index contributed by atoms with van der Waals surface area (Å²) < 4.78 is 57.0. The second kappa shape index (κ2) is 10.7. The average molecular weight is 508 g/mol. The average Bonchev–Trinajstić information content (AvgIpc) is 2.88. The van der Waals surface area contributed by atoms with Crippen LogP contribution in [0, 0.1) is 5.92 Å². The SMILES string of the molecule is C=CC(F)(F)C1CCN2C(=O)C(F)=C(N3CCOCC3C)C(C)CC=C2N1CC1=C(CC)COC=C1. The molecular weight excluding hydrogens is 471 g/mol. The van der Waals surface area contributed by atoms with E-state index in [4.69, 9.17) is 9.47 Å². The van der Waals surface area contributed by atoms with Crippen molar-refractivity contribution in [3.8, 4) is 0 Å². The molecule has 4 aliphatic heterocycles. The van der Waals surface area contributed by atoms with Gasteiger partial charge in [-0.25, -0.2) is 0 Å². The predicted octanol–water partition coefficient (Wildman–Crippen LogP) is 4.74. The van der Waals surface area contributed by atoms with Gasteiger partial charge in [-0.1, -0.05) is 20.4 Å². The van der Waals surface area contributed by atoms with Crippen molar-refractivity contribution in [3.63, 3.8) is 0 Å². The van der Waals surface area contributed by atoms with Crippen molar-refractivity contribution in [2.75, 3.05) is 39.5 Å². The Morgan fingerprint density at radius 2 is 2.06 bits per heavy atom. The van der Waals surface area contributed by atoms with Gasteiger partial charge in [0.1, 0.15) is 12.4 Å². The lowest BCUT2D eigenvalue weighted by Crippen LogP contribution is -2.57. The minimum absolute atomic E-state index is 0.00163. The zero-order chi connectivity index (χ0) is 26.0. The van der Waals surface area contributed by atoms with Crippen molar-refractivity contribution in [2.45, 2.75) is 58.0 Å². The Kier molecular flexibility index (Phi) is 7.87. The highest BCUT2D eigenvalue weighted by Gasteiger charge is 2.47. The fourth-order valence-corrected chi connectivity index (χ4v) is 5.50. The van der Waals surface area contributed by atoms with Crippen molar-refractivity contribution < 1.29 is 27.4 Å². The van der Waals surface area contributed by atoms with Gasteiger partial charge >= 0.3 is 0 Å². The van der Waals surface area contributed by atoms with Crippen LogP contribution in [0.1, 0.15) is 40.0 Å². The lowest BCUT2D eigenvalue weighted by molar-refractivity contribution is -0.133. The van der Waals surface area contributed by atoms with E-state index in [0.29, 0.717) is 56.8 Å². The van der Waals surface area contributed by atoms with E-state index in [1.165, 1.54) is 4.90 Å². The molecular formula is C27H36F3N3O3. The molecule has 0 saturated carbocycles. The highest BCUT2D eigenvalue weighted by Crippen LogP contribution is 2.39. The standard InChI is InChI=1S/C27H36F3N3O3/c1-5-20-17-35-13-10-21(20)15-33-22(27(29,30)6-2)9-11-32-23(33)8-7-18(3)25(24(28)26(32)34)31-12-14-36-16-19(31)4/h6,8,10,13,18-19,22H,2,5,7,9,11-12,14-17H2,1,3-4H3. The van der Waals surface area contributed by atoms with Crippen LogP contribution in [0.4, 0.5) is 13.2 Å². The van der Waals surface area contributed by atoms with Crippen molar-refractivity contribution in [3.05, 3.63) is 59.6 Å². The minimum atomic E-state index is -3.19. The van der Waals surface area contributed by atoms with Crippen LogP contribution in [0.15, 0.2) is 59.6 Å². The summed E-state index contributed by atoms with van der Waals surface area (Å²) in [5.74, 6) is -4.75. The summed E-state index contributed by atoms with van der Waals surface area (Å²) in [6.45, 7) is 11.2. The largest absolute Gasteiger partial charge is 0.497 e. The lowest BCUT2D eigenvalue weighted by Gasteiger charge is -2.48. The maximum absolute atomic E-state index is 15.9. The number of morpholine rings is 1. The molecule has 0 N–H and O–H groups in total. The van der Waals surface area contributed by atoms with Crippen molar-refractivity contribution in [1.29, 1.82) is 0 Å². The first-order valence-electron chi connectivity index (χ1n) is 12.7. The Balaban J connectivity index is 1.74.